The maximum absolute atomic E-state index is 12.5. The van der Waals surface area contributed by atoms with Crippen LogP contribution in [0.1, 0.15) is 38.5 Å². The third kappa shape index (κ3) is 9.26. The molecule has 4 unspecified atom stereocenters. The van der Waals surface area contributed by atoms with Crippen molar-refractivity contribution in [1.82, 2.24) is 21.3 Å². The Labute approximate surface area is 183 Å². The number of nitrogens with two attached hydrogens (primary N) is 1. The standard InChI is InChI=1S/C18H29N5O9/c19-13(25)5-3-10(16(29)22-11(18(31)32)4-6-14(26)27)21-17(30)12(8-24)23-15(28)9-2-1-7-20-9/h9-12,20,24H,1-8H2,(H2,19,25)(H,21,30)(H,22,29)(H,23,28)(H,26,27)(H,31,32). The van der Waals surface area contributed by atoms with Crippen LogP contribution in [0.4, 0.5) is 0 Å². The number of rotatable bonds is 14. The van der Waals surface area contributed by atoms with Gasteiger partial charge in [-0.25, -0.2) is 4.79 Å². The normalized spacial score (nSPS) is 18.1. The Hall–Kier alpha value is -3.26. The molecule has 4 amide bonds. The van der Waals surface area contributed by atoms with E-state index in [2.05, 4.69) is 21.3 Å². The van der Waals surface area contributed by atoms with E-state index in [0.29, 0.717) is 13.0 Å². The van der Waals surface area contributed by atoms with Crippen LogP contribution in [0.2, 0.25) is 0 Å². The summed E-state index contributed by atoms with van der Waals surface area (Å²) in [5, 5.41) is 37.1. The lowest BCUT2D eigenvalue weighted by atomic mass is 10.1. The number of hydrogen-bond acceptors (Lipinski definition) is 8. The summed E-state index contributed by atoms with van der Waals surface area (Å²) < 4.78 is 0. The number of aliphatic carboxylic acids is 2. The third-order valence-corrected chi connectivity index (χ3v) is 4.77. The minimum Gasteiger partial charge on any atom is -0.481 e. The molecule has 4 atom stereocenters. The van der Waals surface area contributed by atoms with Crippen LogP contribution in [0.5, 0.6) is 0 Å². The van der Waals surface area contributed by atoms with Crippen molar-refractivity contribution in [2.24, 2.45) is 5.73 Å². The Kier molecular flexibility index (Phi) is 11.1. The molecule has 1 heterocycles. The maximum Gasteiger partial charge on any atom is 0.326 e. The summed E-state index contributed by atoms with van der Waals surface area (Å²) in [5.74, 6) is -5.95. The van der Waals surface area contributed by atoms with Crippen molar-refractivity contribution in [3.05, 3.63) is 0 Å². The van der Waals surface area contributed by atoms with Gasteiger partial charge in [-0.05, 0) is 32.2 Å². The predicted molar refractivity (Wildman–Crippen MR) is 107 cm³/mol. The smallest absolute Gasteiger partial charge is 0.326 e. The number of aliphatic hydroxyl groups is 1. The molecule has 9 N–H and O–H groups in total. The molecule has 32 heavy (non-hydrogen) atoms. The Balaban J connectivity index is 2.83. The van der Waals surface area contributed by atoms with Crippen molar-refractivity contribution in [1.29, 1.82) is 0 Å². The highest BCUT2D eigenvalue weighted by atomic mass is 16.4. The summed E-state index contributed by atoms with van der Waals surface area (Å²) in [6, 6.07) is -4.88. The molecule has 1 aliphatic rings. The second kappa shape index (κ2) is 13.2. The molecule has 0 aromatic heterocycles. The summed E-state index contributed by atoms with van der Waals surface area (Å²) in [6.07, 6.45) is -0.208. The van der Waals surface area contributed by atoms with E-state index in [1.54, 1.807) is 0 Å². The van der Waals surface area contributed by atoms with Gasteiger partial charge in [-0.2, -0.15) is 0 Å². The van der Waals surface area contributed by atoms with Crippen molar-refractivity contribution in [3.63, 3.8) is 0 Å². The van der Waals surface area contributed by atoms with E-state index < -0.39 is 79.2 Å². The molecule has 0 aromatic carbocycles. The molecule has 1 saturated heterocycles. The molecule has 14 heteroatoms. The quantitative estimate of drug-likeness (QED) is 0.127. The van der Waals surface area contributed by atoms with E-state index in [4.69, 9.17) is 10.8 Å². The first kappa shape index (κ1) is 26.8. The van der Waals surface area contributed by atoms with Crippen molar-refractivity contribution in [2.75, 3.05) is 13.2 Å². The molecule has 0 aromatic rings. The number of hydrogen-bond donors (Lipinski definition) is 8. The Bertz CT molecular complexity index is 724. The lowest BCUT2D eigenvalue weighted by Gasteiger charge is -2.24. The van der Waals surface area contributed by atoms with Gasteiger partial charge in [-0.3, -0.25) is 24.0 Å². The van der Waals surface area contributed by atoms with Crippen molar-refractivity contribution >= 4 is 35.6 Å². The van der Waals surface area contributed by atoms with Gasteiger partial charge < -0.3 is 42.3 Å². The van der Waals surface area contributed by atoms with Gasteiger partial charge >= 0.3 is 11.9 Å². The van der Waals surface area contributed by atoms with Crippen LogP contribution in [0, 0.1) is 0 Å². The average molecular weight is 459 g/mol. The number of primary amides is 1. The summed E-state index contributed by atoms with van der Waals surface area (Å²) in [7, 11) is 0. The number of carboxylic acids is 2. The van der Waals surface area contributed by atoms with Crippen molar-refractivity contribution in [3.8, 4) is 0 Å². The van der Waals surface area contributed by atoms with Gasteiger partial charge in [-0.15, -0.1) is 0 Å². The van der Waals surface area contributed by atoms with Gasteiger partial charge in [-0.1, -0.05) is 0 Å². The van der Waals surface area contributed by atoms with E-state index in [1.165, 1.54) is 0 Å². The number of carbonyl (C=O) groups excluding carboxylic acids is 4. The molecule has 180 valence electrons. The Morgan fingerprint density at radius 3 is 2.00 bits per heavy atom. The van der Waals surface area contributed by atoms with E-state index in [0.717, 1.165) is 6.42 Å². The summed E-state index contributed by atoms with van der Waals surface area (Å²) >= 11 is 0. The molecular formula is C18H29N5O9. The minimum absolute atomic E-state index is 0.283. The van der Waals surface area contributed by atoms with Gasteiger partial charge in [0.2, 0.25) is 23.6 Å². The van der Waals surface area contributed by atoms with Gasteiger partial charge in [0.1, 0.15) is 18.1 Å². The van der Waals surface area contributed by atoms with Gasteiger partial charge in [0.05, 0.1) is 12.6 Å². The number of nitrogens with one attached hydrogen (secondary N) is 4. The maximum atomic E-state index is 12.5. The monoisotopic (exact) mass is 459 g/mol. The molecule has 0 bridgehead atoms. The van der Waals surface area contributed by atoms with Crippen LogP contribution >= 0.6 is 0 Å². The number of amides is 4. The Morgan fingerprint density at radius 1 is 0.906 bits per heavy atom. The van der Waals surface area contributed by atoms with Crippen LogP contribution in [0.15, 0.2) is 0 Å². The number of carbonyl (C=O) groups is 6. The fraction of sp³-hybridized carbons (Fsp3) is 0.667. The van der Waals surface area contributed by atoms with E-state index in [-0.39, 0.29) is 12.8 Å². The second-order valence-corrected chi connectivity index (χ2v) is 7.29. The SMILES string of the molecule is NC(=O)CCC(NC(=O)C(CO)NC(=O)C1CCCN1)C(=O)NC(CCC(=O)O)C(=O)O. The highest BCUT2D eigenvalue weighted by molar-refractivity contribution is 5.94. The van der Waals surface area contributed by atoms with Crippen LogP contribution in [-0.2, 0) is 28.8 Å². The molecule has 0 spiro atoms. The predicted octanol–water partition coefficient (Wildman–Crippen LogP) is -3.60. The average Bonchev–Trinajstić information content (AvgIpc) is 3.26. The van der Waals surface area contributed by atoms with Crippen molar-refractivity contribution in [2.45, 2.75) is 62.7 Å². The highest BCUT2D eigenvalue weighted by Gasteiger charge is 2.31. The summed E-state index contributed by atoms with van der Waals surface area (Å²) in [4.78, 5) is 70.4. The molecule has 0 radical (unpaired) electrons. The number of aliphatic hydroxyl groups excluding tert-OH is 1. The van der Waals surface area contributed by atoms with E-state index in [9.17, 15) is 39.0 Å². The summed E-state index contributed by atoms with van der Waals surface area (Å²) in [6.45, 7) is -0.138. The zero-order chi connectivity index (χ0) is 24.3. The first-order chi connectivity index (χ1) is 15.0. The molecule has 14 nitrogen and oxygen atoms in total. The first-order valence-corrected chi connectivity index (χ1v) is 10.0. The largest absolute Gasteiger partial charge is 0.481 e. The van der Waals surface area contributed by atoms with Gasteiger partial charge in [0.25, 0.3) is 0 Å². The topological polar surface area (TPSA) is 237 Å². The zero-order valence-corrected chi connectivity index (χ0v) is 17.3. The van der Waals surface area contributed by atoms with Gasteiger partial charge in [0, 0.05) is 12.8 Å². The fourth-order valence-electron chi connectivity index (χ4n) is 3.00. The first-order valence-electron chi connectivity index (χ1n) is 10.0. The fourth-order valence-corrected chi connectivity index (χ4v) is 3.00. The molecule has 0 saturated carbocycles. The highest BCUT2D eigenvalue weighted by Crippen LogP contribution is 2.06. The zero-order valence-electron chi connectivity index (χ0n) is 17.3. The van der Waals surface area contributed by atoms with Crippen LogP contribution in [-0.4, -0.2) is 88.2 Å². The Morgan fingerprint density at radius 2 is 1.50 bits per heavy atom. The third-order valence-electron chi connectivity index (χ3n) is 4.77. The molecule has 1 rings (SSSR count). The number of carboxylic acid groups (broad SMARTS) is 2. The minimum atomic E-state index is -1.55. The lowest BCUT2D eigenvalue weighted by Crippen LogP contribution is -2.58. The molecular weight excluding hydrogens is 430 g/mol. The second-order valence-electron chi connectivity index (χ2n) is 7.29. The van der Waals surface area contributed by atoms with Crippen LogP contribution in [0.3, 0.4) is 0 Å². The van der Waals surface area contributed by atoms with Crippen LogP contribution < -0.4 is 27.0 Å². The van der Waals surface area contributed by atoms with Crippen LogP contribution in [0.25, 0.3) is 0 Å². The molecule has 0 aliphatic carbocycles. The van der Waals surface area contributed by atoms with Gasteiger partial charge in [0.15, 0.2) is 0 Å². The molecule has 1 fully saturated rings. The molecule has 1 aliphatic heterocycles. The van der Waals surface area contributed by atoms with E-state index >= 15 is 0 Å². The van der Waals surface area contributed by atoms with E-state index in [1.807, 2.05) is 0 Å². The van der Waals surface area contributed by atoms with Crippen molar-refractivity contribution < 1.29 is 44.1 Å². The lowest BCUT2D eigenvalue weighted by molar-refractivity contribution is -0.143. The summed E-state index contributed by atoms with van der Waals surface area (Å²) in [5.41, 5.74) is 5.08.